The van der Waals surface area contributed by atoms with Crippen molar-refractivity contribution in [3.63, 3.8) is 0 Å². The number of benzene rings is 2. The van der Waals surface area contributed by atoms with Crippen LogP contribution in [0.1, 0.15) is 41.9 Å². The molecule has 1 saturated heterocycles. The molecule has 0 unspecified atom stereocenters. The molecule has 1 fully saturated rings. The summed E-state index contributed by atoms with van der Waals surface area (Å²) in [5.74, 6) is -0.869. The van der Waals surface area contributed by atoms with E-state index in [-0.39, 0.29) is 6.54 Å². The van der Waals surface area contributed by atoms with Gasteiger partial charge in [0.2, 0.25) is 5.91 Å². The van der Waals surface area contributed by atoms with Gasteiger partial charge in [-0.2, -0.15) is 0 Å². The third-order valence-corrected chi connectivity index (χ3v) is 7.87. The molecule has 0 bridgehead atoms. The quantitative estimate of drug-likeness (QED) is 0.349. The summed E-state index contributed by atoms with van der Waals surface area (Å²) in [6.45, 7) is 13.8. The second-order valence-electron chi connectivity index (χ2n) is 9.47. The molecule has 7 nitrogen and oxygen atoms in total. The van der Waals surface area contributed by atoms with E-state index < -0.39 is 17.1 Å². The number of carbonyl (C=O) groups excluding carboxylic acids is 3. The van der Waals surface area contributed by atoms with E-state index in [1.807, 2.05) is 45.9 Å². The zero-order valence-corrected chi connectivity index (χ0v) is 23.6. The summed E-state index contributed by atoms with van der Waals surface area (Å²) in [6.07, 6.45) is 1.75. The third-order valence-electron chi connectivity index (χ3n) is 6.96. The van der Waals surface area contributed by atoms with Crippen LogP contribution in [0.4, 0.5) is 16.2 Å². The Labute approximate surface area is 228 Å². The molecule has 0 aliphatic carbocycles. The smallest absolute Gasteiger partial charge is 0.294 e. The molecule has 2 heterocycles. The summed E-state index contributed by atoms with van der Waals surface area (Å²) in [4.78, 5) is 41.9. The number of amides is 3. The Kier molecular flexibility index (Phi) is 8.11. The number of nitrogens with zero attached hydrogens (tertiary/aromatic N) is 3. The van der Waals surface area contributed by atoms with Crippen LogP contribution in [0, 0.1) is 27.7 Å². The van der Waals surface area contributed by atoms with Crippen LogP contribution in [0.15, 0.2) is 53.4 Å². The monoisotopic (exact) mass is 530 g/mol. The molecular formula is C30H34N4O3S. The number of carbonyl (C=O) groups is 3. The van der Waals surface area contributed by atoms with E-state index in [1.165, 1.54) is 5.69 Å². The average molecular weight is 531 g/mol. The van der Waals surface area contributed by atoms with Crippen LogP contribution in [-0.4, -0.2) is 46.2 Å². The number of rotatable bonds is 8. The van der Waals surface area contributed by atoms with Gasteiger partial charge < -0.3 is 14.8 Å². The zero-order chi connectivity index (χ0) is 27.6. The molecule has 3 amide bonds. The van der Waals surface area contributed by atoms with E-state index in [1.54, 1.807) is 12.1 Å². The zero-order valence-electron chi connectivity index (χ0n) is 22.8. The number of thioether (sulfide) groups is 1. The first-order chi connectivity index (χ1) is 18.1. The minimum Gasteiger partial charge on any atom is -0.372 e. The van der Waals surface area contributed by atoms with Crippen molar-refractivity contribution in [1.29, 1.82) is 0 Å². The van der Waals surface area contributed by atoms with Crippen molar-refractivity contribution in [3.05, 3.63) is 81.5 Å². The van der Waals surface area contributed by atoms with E-state index >= 15 is 0 Å². The molecule has 1 aromatic heterocycles. The van der Waals surface area contributed by atoms with Crippen molar-refractivity contribution in [2.24, 2.45) is 0 Å². The molecule has 0 saturated carbocycles. The molecule has 3 aromatic rings. The minimum absolute atomic E-state index is 0.311. The lowest BCUT2D eigenvalue weighted by molar-refractivity contribution is -0.127. The molecule has 4 rings (SSSR count). The fraction of sp³-hybridized carbons (Fsp3) is 0.300. The maximum absolute atomic E-state index is 13.1. The van der Waals surface area contributed by atoms with Crippen molar-refractivity contribution in [2.75, 3.05) is 29.9 Å². The molecule has 0 spiro atoms. The maximum Gasteiger partial charge on any atom is 0.294 e. The SMILES string of the molecule is CCN(CC)c1ccc(-n2c(C)cc(/C=C3/SC(=O)N(CC(=O)Nc4ccc(C)c(C)c4)C3=O)c2C)cc1. The molecule has 198 valence electrons. The predicted molar refractivity (Wildman–Crippen MR) is 156 cm³/mol. The predicted octanol–water partition coefficient (Wildman–Crippen LogP) is 6.23. The van der Waals surface area contributed by atoms with Crippen LogP contribution in [0.25, 0.3) is 11.8 Å². The van der Waals surface area contributed by atoms with E-state index in [9.17, 15) is 14.4 Å². The standard InChI is InChI=1S/C30H34N4O3S/c1-7-32(8-2)25-11-13-26(14-12-25)34-21(5)16-23(22(34)6)17-27-29(36)33(30(37)38-27)18-28(35)31-24-10-9-19(3)20(4)15-24/h9-17H,7-8,18H2,1-6H3,(H,31,35)/b27-17+. The van der Waals surface area contributed by atoms with Gasteiger partial charge in [-0.15, -0.1) is 0 Å². The number of anilines is 2. The van der Waals surface area contributed by atoms with Gasteiger partial charge in [0.1, 0.15) is 6.54 Å². The molecule has 1 aliphatic heterocycles. The van der Waals surface area contributed by atoms with Gasteiger partial charge in [-0.05, 0) is 119 Å². The fourth-order valence-corrected chi connectivity index (χ4v) is 5.50. The molecule has 38 heavy (non-hydrogen) atoms. The van der Waals surface area contributed by atoms with Gasteiger partial charge in [-0.25, -0.2) is 0 Å². The van der Waals surface area contributed by atoms with Crippen LogP contribution in [0.2, 0.25) is 0 Å². The van der Waals surface area contributed by atoms with Gasteiger partial charge in [0.05, 0.1) is 4.91 Å². The lowest BCUT2D eigenvalue weighted by Gasteiger charge is -2.21. The molecular weight excluding hydrogens is 496 g/mol. The highest BCUT2D eigenvalue weighted by Gasteiger charge is 2.36. The summed E-state index contributed by atoms with van der Waals surface area (Å²) >= 11 is 0.863. The Balaban J connectivity index is 1.51. The Morgan fingerprint density at radius 2 is 1.63 bits per heavy atom. The number of imide groups is 1. The highest BCUT2D eigenvalue weighted by Crippen LogP contribution is 2.34. The van der Waals surface area contributed by atoms with Gasteiger partial charge >= 0.3 is 0 Å². The molecule has 1 N–H and O–H groups in total. The first-order valence-corrected chi connectivity index (χ1v) is 13.6. The van der Waals surface area contributed by atoms with Crippen LogP contribution in [0.5, 0.6) is 0 Å². The third kappa shape index (κ3) is 5.55. The van der Waals surface area contributed by atoms with E-state index in [0.717, 1.165) is 63.5 Å². The number of aryl methyl sites for hydroxylation is 3. The first-order valence-electron chi connectivity index (χ1n) is 12.8. The number of hydrogen-bond acceptors (Lipinski definition) is 5. The number of aromatic nitrogens is 1. The fourth-order valence-electron chi connectivity index (χ4n) is 4.67. The highest BCUT2D eigenvalue weighted by molar-refractivity contribution is 8.18. The van der Waals surface area contributed by atoms with Gasteiger partial charge in [0.15, 0.2) is 0 Å². The van der Waals surface area contributed by atoms with Crippen LogP contribution >= 0.6 is 11.8 Å². The van der Waals surface area contributed by atoms with Crippen LogP contribution in [-0.2, 0) is 9.59 Å². The summed E-state index contributed by atoms with van der Waals surface area (Å²) in [7, 11) is 0. The summed E-state index contributed by atoms with van der Waals surface area (Å²) in [5.41, 5.74) is 7.88. The highest BCUT2D eigenvalue weighted by atomic mass is 32.2. The first kappa shape index (κ1) is 27.3. The molecule has 2 aromatic carbocycles. The summed E-state index contributed by atoms with van der Waals surface area (Å²) < 4.78 is 2.14. The second-order valence-corrected chi connectivity index (χ2v) is 10.5. The minimum atomic E-state index is -0.455. The normalized spacial score (nSPS) is 14.5. The van der Waals surface area contributed by atoms with E-state index in [4.69, 9.17) is 0 Å². The molecule has 1 aliphatic rings. The van der Waals surface area contributed by atoms with Gasteiger partial charge in [0, 0.05) is 41.5 Å². The van der Waals surface area contributed by atoms with Crippen molar-refractivity contribution in [3.8, 4) is 5.69 Å². The van der Waals surface area contributed by atoms with Crippen molar-refractivity contribution >= 4 is 46.3 Å². The van der Waals surface area contributed by atoms with E-state index in [0.29, 0.717) is 10.6 Å². The molecule has 0 atom stereocenters. The Bertz CT molecular complexity index is 1420. The molecule has 8 heteroatoms. The van der Waals surface area contributed by atoms with Crippen molar-refractivity contribution in [1.82, 2.24) is 9.47 Å². The molecule has 0 radical (unpaired) electrons. The van der Waals surface area contributed by atoms with Crippen LogP contribution < -0.4 is 10.2 Å². The van der Waals surface area contributed by atoms with Crippen LogP contribution in [0.3, 0.4) is 0 Å². The summed E-state index contributed by atoms with van der Waals surface area (Å²) in [5, 5.41) is 2.33. The number of nitrogens with one attached hydrogen (secondary N) is 1. The summed E-state index contributed by atoms with van der Waals surface area (Å²) in [6, 6.07) is 16.0. The lowest BCUT2D eigenvalue weighted by atomic mass is 10.1. The Morgan fingerprint density at radius 3 is 2.26 bits per heavy atom. The second kappa shape index (κ2) is 11.3. The van der Waals surface area contributed by atoms with Gasteiger partial charge in [-0.3, -0.25) is 19.3 Å². The van der Waals surface area contributed by atoms with Gasteiger partial charge in [-0.1, -0.05) is 6.07 Å². The Hall–Kier alpha value is -3.78. The van der Waals surface area contributed by atoms with Crippen molar-refractivity contribution < 1.29 is 14.4 Å². The largest absolute Gasteiger partial charge is 0.372 e. The topological polar surface area (TPSA) is 74.7 Å². The Morgan fingerprint density at radius 1 is 0.947 bits per heavy atom. The number of hydrogen-bond donors (Lipinski definition) is 1. The average Bonchev–Trinajstić information content (AvgIpc) is 3.31. The van der Waals surface area contributed by atoms with Crippen molar-refractivity contribution in [2.45, 2.75) is 41.5 Å². The van der Waals surface area contributed by atoms with E-state index in [2.05, 4.69) is 52.9 Å². The maximum atomic E-state index is 13.1. The van der Waals surface area contributed by atoms with Gasteiger partial charge in [0.25, 0.3) is 11.1 Å². The lowest BCUT2D eigenvalue weighted by Crippen LogP contribution is -2.36.